The molecule has 2 rings (SSSR count). The van der Waals surface area contributed by atoms with Gasteiger partial charge < -0.3 is 10.2 Å². The summed E-state index contributed by atoms with van der Waals surface area (Å²) in [6, 6.07) is 6.89. The summed E-state index contributed by atoms with van der Waals surface area (Å²) in [5.74, 6) is -0.0995. The largest absolute Gasteiger partial charge is 0.462 e. The number of carbonyl (C=O) groups is 1. The number of halogens is 1. The standard InChI is InChI=1S/C10H8N2O2.ClH/c11-10(13)7-4-6-14-9(7)8-3-1-2-5-12-8;/h1-6H,(H2,11,13);1H. The fraction of sp³-hybridized carbons (Fsp3) is 0. The maximum absolute atomic E-state index is 11.0. The number of nitrogens with two attached hydrogens (primary N) is 1. The second-order valence-corrected chi connectivity index (χ2v) is 2.74. The number of nitrogens with zero attached hydrogens (tertiary/aromatic N) is 1. The zero-order valence-corrected chi connectivity index (χ0v) is 8.53. The van der Waals surface area contributed by atoms with Crippen LogP contribution in [0.4, 0.5) is 0 Å². The predicted octanol–water partition coefficient (Wildman–Crippen LogP) is 1.86. The Morgan fingerprint density at radius 2 is 2.13 bits per heavy atom. The van der Waals surface area contributed by atoms with E-state index in [1.165, 1.54) is 12.3 Å². The number of furan rings is 1. The molecule has 0 bridgehead atoms. The van der Waals surface area contributed by atoms with Gasteiger partial charge in [0.2, 0.25) is 0 Å². The van der Waals surface area contributed by atoms with Gasteiger partial charge in [-0.1, -0.05) is 6.07 Å². The second-order valence-electron chi connectivity index (χ2n) is 2.74. The molecular weight excluding hydrogens is 216 g/mol. The number of rotatable bonds is 2. The molecule has 78 valence electrons. The van der Waals surface area contributed by atoms with Gasteiger partial charge in [-0.05, 0) is 18.2 Å². The van der Waals surface area contributed by atoms with Crippen LogP contribution in [0.3, 0.4) is 0 Å². The van der Waals surface area contributed by atoms with E-state index < -0.39 is 5.91 Å². The third-order valence-corrected chi connectivity index (χ3v) is 1.83. The summed E-state index contributed by atoms with van der Waals surface area (Å²) in [5, 5.41) is 0. The summed E-state index contributed by atoms with van der Waals surface area (Å²) in [7, 11) is 0. The highest BCUT2D eigenvalue weighted by molar-refractivity contribution is 5.98. The molecule has 0 aliphatic rings. The number of primary amides is 1. The third-order valence-electron chi connectivity index (χ3n) is 1.83. The van der Waals surface area contributed by atoms with Crippen LogP contribution in [0.5, 0.6) is 0 Å². The zero-order valence-electron chi connectivity index (χ0n) is 7.71. The number of carbonyl (C=O) groups excluding carboxylic acids is 1. The van der Waals surface area contributed by atoms with Crippen molar-refractivity contribution in [3.63, 3.8) is 0 Å². The molecule has 15 heavy (non-hydrogen) atoms. The average molecular weight is 225 g/mol. The van der Waals surface area contributed by atoms with Gasteiger partial charge in [-0.25, -0.2) is 0 Å². The Hall–Kier alpha value is -1.81. The van der Waals surface area contributed by atoms with E-state index >= 15 is 0 Å². The lowest BCUT2D eigenvalue weighted by atomic mass is 10.2. The van der Waals surface area contributed by atoms with Gasteiger partial charge in [-0.15, -0.1) is 12.4 Å². The van der Waals surface area contributed by atoms with Crippen molar-refractivity contribution < 1.29 is 9.21 Å². The van der Waals surface area contributed by atoms with Gasteiger partial charge in [-0.2, -0.15) is 0 Å². The monoisotopic (exact) mass is 224 g/mol. The molecular formula is C10H9ClN2O2. The van der Waals surface area contributed by atoms with Gasteiger partial charge in [0.05, 0.1) is 11.8 Å². The molecule has 0 saturated heterocycles. The van der Waals surface area contributed by atoms with Crippen LogP contribution in [0.15, 0.2) is 41.1 Å². The first-order valence-corrected chi connectivity index (χ1v) is 4.08. The normalized spacial score (nSPS) is 9.33. The van der Waals surface area contributed by atoms with Crippen molar-refractivity contribution in [2.45, 2.75) is 0 Å². The lowest BCUT2D eigenvalue weighted by Gasteiger charge is -1.97. The molecule has 2 aromatic rings. The van der Waals surface area contributed by atoms with E-state index in [0.29, 0.717) is 17.0 Å². The van der Waals surface area contributed by atoms with E-state index in [4.69, 9.17) is 10.2 Å². The quantitative estimate of drug-likeness (QED) is 0.847. The highest BCUT2D eigenvalue weighted by Crippen LogP contribution is 2.21. The van der Waals surface area contributed by atoms with Crippen LogP contribution >= 0.6 is 12.4 Å². The zero-order chi connectivity index (χ0) is 9.97. The molecule has 4 nitrogen and oxygen atoms in total. The van der Waals surface area contributed by atoms with E-state index in [-0.39, 0.29) is 12.4 Å². The van der Waals surface area contributed by atoms with Crippen molar-refractivity contribution in [3.8, 4) is 11.5 Å². The molecule has 2 N–H and O–H groups in total. The lowest BCUT2D eigenvalue weighted by Crippen LogP contribution is -2.10. The highest BCUT2D eigenvalue weighted by atomic mass is 35.5. The molecule has 1 amide bonds. The van der Waals surface area contributed by atoms with Crippen LogP contribution in [0.1, 0.15) is 10.4 Å². The van der Waals surface area contributed by atoms with Crippen molar-refractivity contribution >= 4 is 18.3 Å². The average Bonchev–Trinajstić information content (AvgIpc) is 2.67. The van der Waals surface area contributed by atoms with Gasteiger partial charge in [0.15, 0.2) is 5.76 Å². The molecule has 5 heteroatoms. The number of aromatic nitrogens is 1. The molecule has 0 aliphatic carbocycles. The van der Waals surface area contributed by atoms with Crippen molar-refractivity contribution in [3.05, 3.63) is 42.3 Å². The van der Waals surface area contributed by atoms with Crippen molar-refractivity contribution in [1.29, 1.82) is 0 Å². The smallest absolute Gasteiger partial charge is 0.252 e. The molecule has 2 heterocycles. The molecule has 0 saturated carbocycles. The summed E-state index contributed by atoms with van der Waals surface area (Å²) >= 11 is 0. The van der Waals surface area contributed by atoms with Crippen LogP contribution in [-0.4, -0.2) is 10.9 Å². The number of amides is 1. The lowest BCUT2D eigenvalue weighted by molar-refractivity contribution is 0.100. The summed E-state index contributed by atoms with van der Waals surface area (Å²) < 4.78 is 5.15. The minimum absolute atomic E-state index is 0. The first-order chi connectivity index (χ1) is 6.79. The molecule has 0 atom stereocenters. The maximum Gasteiger partial charge on any atom is 0.252 e. The second kappa shape index (κ2) is 4.61. The first-order valence-electron chi connectivity index (χ1n) is 4.08. The van der Waals surface area contributed by atoms with Crippen molar-refractivity contribution in [1.82, 2.24) is 4.98 Å². The van der Waals surface area contributed by atoms with Crippen LogP contribution in [0, 0.1) is 0 Å². The van der Waals surface area contributed by atoms with Crippen LogP contribution in [-0.2, 0) is 0 Å². The van der Waals surface area contributed by atoms with E-state index in [2.05, 4.69) is 4.98 Å². The Morgan fingerprint density at radius 3 is 2.73 bits per heavy atom. The van der Waals surface area contributed by atoms with Crippen molar-refractivity contribution in [2.75, 3.05) is 0 Å². The van der Waals surface area contributed by atoms with Crippen LogP contribution < -0.4 is 5.73 Å². The molecule has 0 fully saturated rings. The van der Waals surface area contributed by atoms with Gasteiger partial charge in [0.25, 0.3) is 5.91 Å². The van der Waals surface area contributed by atoms with Gasteiger partial charge in [0, 0.05) is 6.20 Å². The Bertz CT molecular complexity index is 453. The summed E-state index contributed by atoms with van der Waals surface area (Å²) in [5.41, 5.74) is 6.12. The molecule has 2 aromatic heterocycles. The van der Waals surface area contributed by atoms with Crippen LogP contribution in [0.2, 0.25) is 0 Å². The Labute approximate surface area is 92.5 Å². The van der Waals surface area contributed by atoms with Gasteiger partial charge >= 0.3 is 0 Å². The molecule has 0 aliphatic heterocycles. The SMILES string of the molecule is Cl.NC(=O)c1ccoc1-c1ccccn1. The third kappa shape index (κ3) is 2.16. The number of hydrogen-bond acceptors (Lipinski definition) is 3. The Morgan fingerprint density at radius 1 is 1.33 bits per heavy atom. The van der Waals surface area contributed by atoms with Crippen molar-refractivity contribution in [2.24, 2.45) is 5.73 Å². The molecule has 0 radical (unpaired) electrons. The van der Waals surface area contributed by atoms with E-state index in [0.717, 1.165) is 0 Å². The molecule has 0 aromatic carbocycles. The first kappa shape index (κ1) is 11.3. The number of pyridine rings is 1. The van der Waals surface area contributed by atoms with E-state index in [9.17, 15) is 4.79 Å². The van der Waals surface area contributed by atoms with Gasteiger partial charge in [-0.3, -0.25) is 9.78 Å². The topological polar surface area (TPSA) is 69.1 Å². The minimum Gasteiger partial charge on any atom is -0.462 e. The van der Waals surface area contributed by atoms with Crippen LogP contribution in [0.25, 0.3) is 11.5 Å². The minimum atomic E-state index is -0.514. The Kier molecular flexibility index (Phi) is 3.46. The highest BCUT2D eigenvalue weighted by Gasteiger charge is 2.13. The number of hydrogen-bond donors (Lipinski definition) is 1. The Balaban J connectivity index is 0.00000112. The summed E-state index contributed by atoms with van der Waals surface area (Å²) in [6.45, 7) is 0. The summed E-state index contributed by atoms with van der Waals surface area (Å²) in [6.07, 6.45) is 3.05. The summed E-state index contributed by atoms with van der Waals surface area (Å²) in [4.78, 5) is 15.1. The predicted molar refractivity (Wildman–Crippen MR) is 57.7 cm³/mol. The molecule has 0 unspecified atom stereocenters. The van der Waals surface area contributed by atoms with E-state index in [1.54, 1.807) is 18.3 Å². The molecule has 0 spiro atoms. The fourth-order valence-electron chi connectivity index (χ4n) is 1.20. The van der Waals surface area contributed by atoms with Gasteiger partial charge in [0.1, 0.15) is 5.69 Å². The fourth-order valence-corrected chi connectivity index (χ4v) is 1.20. The maximum atomic E-state index is 11.0. The van der Waals surface area contributed by atoms with E-state index in [1.807, 2.05) is 6.07 Å².